The highest BCUT2D eigenvalue weighted by Gasteiger charge is 2.49. The van der Waals surface area contributed by atoms with Crippen molar-refractivity contribution in [1.29, 1.82) is 0 Å². The van der Waals surface area contributed by atoms with E-state index >= 15 is 0 Å². The molecule has 10 heteroatoms. The molecule has 136 valence electrons. The number of nitrogens with two attached hydrogens (primary N) is 1. The molecule has 3 rings (SSSR count). The molecular weight excluding hydrogens is 332 g/mol. The van der Waals surface area contributed by atoms with E-state index in [4.69, 9.17) is 15.6 Å². The van der Waals surface area contributed by atoms with Crippen LogP contribution in [0, 0.1) is 0 Å². The summed E-state index contributed by atoms with van der Waals surface area (Å²) < 4.78 is 6.88. The molecule has 2 aliphatic heterocycles. The first-order valence-electron chi connectivity index (χ1n) is 7.66. The third kappa shape index (κ3) is 2.83. The fourth-order valence-electron chi connectivity index (χ4n) is 2.90. The lowest BCUT2D eigenvalue weighted by Gasteiger charge is -2.36. The first kappa shape index (κ1) is 17.6. The number of aliphatic hydroxyl groups is 3. The topological polar surface area (TPSA) is 150 Å². The molecule has 0 aromatic carbocycles. The van der Waals surface area contributed by atoms with Gasteiger partial charge in [-0.05, 0) is 18.2 Å². The van der Waals surface area contributed by atoms with Gasteiger partial charge in [-0.1, -0.05) is 0 Å². The third-order valence-electron chi connectivity index (χ3n) is 4.39. The molecule has 1 fully saturated rings. The van der Waals surface area contributed by atoms with Gasteiger partial charge < -0.3 is 29.9 Å². The van der Waals surface area contributed by atoms with Gasteiger partial charge in [0.25, 0.3) is 0 Å². The van der Waals surface area contributed by atoms with E-state index in [1.165, 1.54) is 12.3 Å². The van der Waals surface area contributed by atoms with Crippen molar-refractivity contribution in [3.05, 3.63) is 36.3 Å². The van der Waals surface area contributed by atoms with E-state index in [0.29, 0.717) is 5.69 Å². The molecule has 6 N–H and O–H groups in total. The number of hydrogen-bond donors (Lipinski definition) is 5. The Morgan fingerprint density at radius 2 is 2.16 bits per heavy atom. The molecule has 0 radical (unpaired) electrons. The van der Waals surface area contributed by atoms with Crippen LogP contribution in [0.3, 0.4) is 0 Å². The SMILES string of the molecule is Cn1cccc1C(=O)C1(N)C=CN([C@@H]2O[C@H](CO)[C@@H](O)[C@H]2O)C(=O)N1. The molecule has 2 aliphatic rings. The minimum Gasteiger partial charge on any atom is -0.394 e. The van der Waals surface area contributed by atoms with Gasteiger partial charge in [0.2, 0.25) is 5.78 Å². The first-order chi connectivity index (χ1) is 11.8. The number of urea groups is 1. The number of aryl methyl sites for hydroxylation is 1. The fraction of sp³-hybridized carbons (Fsp3) is 0.467. The Morgan fingerprint density at radius 3 is 2.68 bits per heavy atom. The average molecular weight is 352 g/mol. The summed E-state index contributed by atoms with van der Waals surface area (Å²) in [4.78, 5) is 26.0. The van der Waals surface area contributed by atoms with Crippen LogP contribution >= 0.6 is 0 Å². The number of nitrogens with zero attached hydrogens (tertiary/aromatic N) is 2. The van der Waals surface area contributed by atoms with Crippen molar-refractivity contribution in [2.45, 2.75) is 30.2 Å². The Labute approximate surface area is 143 Å². The van der Waals surface area contributed by atoms with Crippen LogP contribution < -0.4 is 11.1 Å². The molecule has 1 aromatic heterocycles. The van der Waals surface area contributed by atoms with E-state index in [9.17, 15) is 19.8 Å². The normalized spacial score (nSPS) is 35.1. The van der Waals surface area contributed by atoms with Gasteiger partial charge >= 0.3 is 6.03 Å². The van der Waals surface area contributed by atoms with Crippen LogP contribution in [-0.2, 0) is 11.8 Å². The second kappa shape index (κ2) is 6.24. The highest BCUT2D eigenvalue weighted by Crippen LogP contribution is 2.26. The summed E-state index contributed by atoms with van der Waals surface area (Å²) in [6, 6.07) is 2.48. The van der Waals surface area contributed by atoms with Crippen LogP contribution in [0.2, 0.25) is 0 Å². The lowest BCUT2D eigenvalue weighted by molar-refractivity contribution is -0.0666. The van der Waals surface area contributed by atoms with E-state index in [-0.39, 0.29) is 0 Å². The van der Waals surface area contributed by atoms with Crippen molar-refractivity contribution >= 4 is 11.8 Å². The number of nitrogens with one attached hydrogen (secondary N) is 1. The lowest BCUT2D eigenvalue weighted by atomic mass is 10.0. The summed E-state index contributed by atoms with van der Waals surface area (Å²) >= 11 is 0. The van der Waals surface area contributed by atoms with Gasteiger partial charge in [0.05, 0.1) is 12.3 Å². The third-order valence-corrected chi connectivity index (χ3v) is 4.39. The summed E-state index contributed by atoms with van der Waals surface area (Å²) in [6.07, 6.45) is -0.810. The van der Waals surface area contributed by atoms with Crippen LogP contribution in [0.4, 0.5) is 4.79 Å². The molecule has 0 bridgehead atoms. The van der Waals surface area contributed by atoms with E-state index in [0.717, 1.165) is 4.90 Å². The highest BCUT2D eigenvalue weighted by atomic mass is 16.6. The average Bonchev–Trinajstić information content (AvgIpc) is 3.12. The fourth-order valence-corrected chi connectivity index (χ4v) is 2.90. The smallest absolute Gasteiger partial charge is 0.325 e. The van der Waals surface area contributed by atoms with Crippen LogP contribution in [-0.4, -0.2) is 73.4 Å². The van der Waals surface area contributed by atoms with Gasteiger partial charge in [-0.25, -0.2) is 4.79 Å². The van der Waals surface area contributed by atoms with Crippen molar-refractivity contribution in [3.8, 4) is 0 Å². The highest BCUT2D eigenvalue weighted by molar-refractivity contribution is 6.05. The number of carbonyl (C=O) groups is 2. The summed E-state index contributed by atoms with van der Waals surface area (Å²) in [5.41, 5.74) is 4.59. The maximum absolute atomic E-state index is 12.6. The van der Waals surface area contributed by atoms with E-state index < -0.39 is 48.6 Å². The van der Waals surface area contributed by atoms with Crippen molar-refractivity contribution in [2.24, 2.45) is 12.8 Å². The zero-order chi connectivity index (χ0) is 18.4. The summed E-state index contributed by atoms with van der Waals surface area (Å²) in [7, 11) is 1.68. The number of aliphatic hydroxyl groups excluding tert-OH is 3. The number of rotatable bonds is 4. The number of aromatic nitrogens is 1. The second-order valence-corrected chi connectivity index (χ2v) is 6.08. The molecule has 5 atom stereocenters. The summed E-state index contributed by atoms with van der Waals surface area (Å²) in [6.45, 7) is -0.513. The molecule has 1 saturated heterocycles. The standard InChI is InChI=1S/C15H20N4O6/c1-18-5-2-3-8(18)12(23)15(16)4-6-19(14(24)17-15)13-11(22)10(21)9(7-20)25-13/h2-6,9-11,13,20-22H,7,16H2,1H3,(H,17,24)/t9-,10-,11-,13-,15?/m1/s1. The molecule has 1 aromatic rings. The quantitative estimate of drug-likeness (QED) is 0.387. The van der Waals surface area contributed by atoms with E-state index in [2.05, 4.69) is 5.32 Å². The van der Waals surface area contributed by atoms with E-state index in [1.54, 1.807) is 29.9 Å². The Bertz CT molecular complexity index is 719. The molecule has 2 amide bonds. The lowest BCUT2D eigenvalue weighted by Crippen LogP contribution is -2.66. The Hall–Kier alpha value is -2.24. The first-order valence-corrected chi connectivity index (χ1v) is 7.66. The van der Waals surface area contributed by atoms with Gasteiger partial charge in [-0.2, -0.15) is 0 Å². The zero-order valence-electron chi connectivity index (χ0n) is 13.4. The Morgan fingerprint density at radius 1 is 1.44 bits per heavy atom. The largest absolute Gasteiger partial charge is 0.394 e. The van der Waals surface area contributed by atoms with Crippen LogP contribution in [0.15, 0.2) is 30.6 Å². The number of carbonyl (C=O) groups excluding carboxylic acids is 2. The predicted molar refractivity (Wildman–Crippen MR) is 83.9 cm³/mol. The molecule has 0 saturated carbocycles. The molecule has 10 nitrogen and oxygen atoms in total. The van der Waals surface area contributed by atoms with E-state index in [1.807, 2.05) is 0 Å². The molecular formula is C15H20N4O6. The van der Waals surface area contributed by atoms with Gasteiger partial charge in [-0.15, -0.1) is 0 Å². The van der Waals surface area contributed by atoms with Crippen LogP contribution in [0.5, 0.6) is 0 Å². The van der Waals surface area contributed by atoms with Crippen molar-refractivity contribution in [3.63, 3.8) is 0 Å². The van der Waals surface area contributed by atoms with Crippen molar-refractivity contribution in [1.82, 2.24) is 14.8 Å². The maximum Gasteiger partial charge on any atom is 0.325 e. The zero-order valence-corrected chi connectivity index (χ0v) is 13.4. The number of ether oxygens (including phenoxy) is 1. The maximum atomic E-state index is 12.6. The summed E-state index contributed by atoms with van der Waals surface area (Å²) in [5.74, 6) is -0.509. The van der Waals surface area contributed by atoms with Gasteiger partial charge in [-0.3, -0.25) is 15.4 Å². The van der Waals surface area contributed by atoms with Gasteiger partial charge in [0.1, 0.15) is 18.3 Å². The minimum absolute atomic E-state index is 0.314. The van der Waals surface area contributed by atoms with Crippen LogP contribution in [0.25, 0.3) is 0 Å². The minimum atomic E-state index is -1.75. The van der Waals surface area contributed by atoms with Crippen molar-refractivity contribution < 1.29 is 29.6 Å². The van der Waals surface area contributed by atoms with Gasteiger partial charge in [0, 0.05) is 19.4 Å². The number of ketones is 1. The molecule has 25 heavy (non-hydrogen) atoms. The molecule has 0 aliphatic carbocycles. The number of Topliss-reactive ketones (excluding diaryl/α,β-unsaturated/α-hetero) is 1. The van der Waals surface area contributed by atoms with Crippen LogP contribution in [0.1, 0.15) is 10.5 Å². The molecule has 0 spiro atoms. The number of amides is 2. The second-order valence-electron chi connectivity index (χ2n) is 6.08. The Kier molecular flexibility index (Phi) is 4.39. The molecule has 3 heterocycles. The van der Waals surface area contributed by atoms with Gasteiger partial charge in [0.15, 0.2) is 11.9 Å². The summed E-state index contributed by atoms with van der Waals surface area (Å²) in [5, 5.41) is 31.3. The monoisotopic (exact) mass is 352 g/mol. The van der Waals surface area contributed by atoms with Crippen molar-refractivity contribution in [2.75, 3.05) is 6.61 Å². The molecule has 1 unspecified atom stereocenters. The predicted octanol–water partition coefficient (Wildman–Crippen LogP) is -2.16. The Balaban J connectivity index is 1.82. The number of hydrogen-bond acceptors (Lipinski definition) is 7.